The number of benzene rings is 1. The number of amides is 1. The lowest BCUT2D eigenvalue weighted by Crippen LogP contribution is -2.46. The van der Waals surface area contributed by atoms with E-state index in [0.29, 0.717) is 17.6 Å². The maximum atomic E-state index is 11.1. The van der Waals surface area contributed by atoms with Crippen molar-refractivity contribution in [2.45, 2.75) is 31.8 Å². The van der Waals surface area contributed by atoms with Crippen LogP contribution < -0.4 is 16.4 Å². The minimum Gasteiger partial charge on any atom is -0.380 e. The Labute approximate surface area is 115 Å². The highest BCUT2D eigenvalue weighted by molar-refractivity contribution is 9.10. The van der Waals surface area contributed by atoms with Gasteiger partial charge in [0.15, 0.2) is 0 Å². The molecule has 4 nitrogen and oxygen atoms in total. The van der Waals surface area contributed by atoms with Crippen LogP contribution in [0.4, 0.5) is 5.69 Å². The molecule has 5 heteroatoms. The fourth-order valence-corrected chi connectivity index (χ4v) is 2.72. The minimum atomic E-state index is -0.407. The van der Waals surface area contributed by atoms with Crippen molar-refractivity contribution in [3.05, 3.63) is 28.2 Å². The summed E-state index contributed by atoms with van der Waals surface area (Å²) in [7, 11) is 0. The van der Waals surface area contributed by atoms with E-state index in [9.17, 15) is 4.79 Å². The van der Waals surface area contributed by atoms with Crippen LogP contribution >= 0.6 is 15.9 Å². The highest BCUT2D eigenvalue weighted by atomic mass is 79.9. The number of piperidine rings is 1. The molecular formula is C13H18BrN3O. The van der Waals surface area contributed by atoms with E-state index >= 15 is 0 Å². The number of nitrogens with two attached hydrogens (primary N) is 1. The summed E-state index contributed by atoms with van der Waals surface area (Å²) in [5.41, 5.74) is 6.77. The van der Waals surface area contributed by atoms with E-state index in [0.717, 1.165) is 23.1 Å². The Bertz CT molecular complexity index is 450. The molecule has 0 aromatic heterocycles. The van der Waals surface area contributed by atoms with Gasteiger partial charge < -0.3 is 16.4 Å². The third-order valence-corrected chi connectivity index (χ3v) is 4.01. The number of primary amides is 1. The molecule has 1 aliphatic heterocycles. The Morgan fingerprint density at radius 1 is 1.56 bits per heavy atom. The lowest BCUT2D eigenvalue weighted by molar-refractivity contribution is 0.100. The normalized spacial score (nSPS) is 23.7. The molecule has 4 N–H and O–H groups in total. The molecule has 0 radical (unpaired) electrons. The first kappa shape index (κ1) is 13.4. The molecule has 2 unspecified atom stereocenters. The van der Waals surface area contributed by atoms with E-state index in [4.69, 9.17) is 5.73 Å². The van der Waals surface area contributed by atoms with Gasteiger partial charge in [0.1, 0.15) is 0 Å². The quantitative estimate of drug-likeness (QED) is 0.801. The SMILES string of the molecule is CC1NCCCC1Nc1ccc(C(N)=O)cc1Br. The highest BCUT2D eigenvalue weighted by Crippen LogP contribution is 2.26. The zero-order valence-electron chi connectivity index (χ0n) is 10.4. The molecular weight excluding hydrogens is 294 g/mol. The van der Waals surface area contributed by atoms with Gasteiger partial charge in [0.05, 0.1) is 0 Å². The van der Waals surface area contributed by atoms with E-state index in [1.807, 2.05) is 6.07 Å². The largest absolute Gasteiger partial charge is 0.380 e. The highest BCUT2D eigenvalue weighted by Gasteiger charge is 2.21. The van der Waals surface area contributed by atoms with Crippen molar-refractivity contribution in [3.63, 3.8) is 0 Å². The van der Waals surface area contributed by atoms with Crippen LogP contribution in [-0.2, 0) is 0 Å². The molecule has 1 fully saturated rings. The average Bonchev–Trinajstić information content (AvgIpc) is 2.34. The molecule has 1 heterocycles. The molecule has 98 valence electrons. The van der Waals surface area contributed by atoms with Crippen LogP contribution in [0.5, 0.6) is 0 Å². The molecule has 2 rings (SSSR count). The molecule has 0 bridgehead atoms. The van der Waals surface area contributed by atoms with Gasteiger partial charge in [-0.15, -0.1) is 0 Å². The van der Waals surface area contributed by atoms with Crippen molar-refractivity contribution in [1.29, 1.82) is 0 Å². The third-order valence-electron chi connectivity index (χ3n) is 3.36. The second-order valence-electron chi connectivity index (χ2n) is 4.69. The number of hydrogen-bond acceptors (Lipinski definition) is 3. The van der Waals surface area contributed by atoms with E-state index < -0.39 is 5.91 Å². The number of rotatable bonds is 3. The fourth-order valence-electron chi connectivity index (χ4n) is 2.23. The van der Waals surface area contributed by atoms with Crippen LogP contribution in [-0.4, -0.2) is 24.5 Å². The van der Waals surface area contributed by atoms with Crippen molar-refractivity contribution in [1.82, 2.24) is 5.32 Å². The van der Waals surface area contributed by atoms with Crippen LogP contribution in [0.1, 0.15) is 30.1 Å². The summed E-state index contributed by atoms with van der Waals surface area (Å²) in [6, 6.07) is 6.25. The van der Waals surface area contributed by atoms with Gasteiger partial charge in [-0.2, -0.15) is 0 Å². The van der Waals surface area contributed by atoms with E-state index in [-0.39, 0.29) is 0 Å². The topological polar surface area (TPSA) is 67.2 Å². The van der Waals surface area contributed by atoms with Crippen LogP contribution in [0.15, 0.2) is 22.7 Å². The molecule has 1 aromatic rings. The van der Waals surface area contributed by atoms with E-state index in [1.165, 1.54) is 6.42 Å². The first-order valence-electron chi connectivity index (χ1n) is 6.17. The van der Waals surface area contributed by atoms with Crippen LogP contribution in [0, 0.1) is 0 Å². The molecule has 1 aromatic carbocycles. The number of carbonyl (C=O) groups excluding carboxylic acids is 1. The van der Waals surface area contributed by atoms with Crippen LogP contribution in [0.2, 0.25) is 0 Å². The number of halogens is 1. The van der Waals surface area contributed by atoms with Crippen molar-refractivity contribution in [2.24, 2.45) is 5.73 Å². The Morgan fingerprint density at radius 3 is 2.94 bits per heavy atom. The smallest absolute Gasteiger partial charge is 0.248 e. The summed E-state index contributed by atoms with van der Waals surface area (Å²) in [6.07, 6.45) is 2.33. The van der Waals surface area contributed by atoms with Crippen molar-refractivity contribution in [2.75, 3.05) is 11.9 Å². The fraction of sp³-hybridized carbons (Fsp3) is 0.462. The van der Waals surface area contributed by atoms with Gasteiger partial charge in [-0.05, 0) is 60.4 Å². The molecule has 2 atom stereocenters. The predicted octanol–water partition coefficient (Wildman–Crippen LogP) is 2.10. The van der Waals surface area contributed by atoms with E-state index in [2.05, 4.69) is 33.5 Å². The summed E-state index contributed by atoms with van der Waals surface area (Å²) in [6.45, 7) is 3.27. The molecule has 0 aliphatic carbocycles. The standard InChI is InChI=1S/C13H18BrN3O/c1-8-11(3-2-6-16-8)17-12-5-4-9(13(15)18)7-10(12)14/h4-5,7-8,11,16-17H,2-3,6H2,1H3,(H2,15,18). The zero-order chi connectivity index (χ0) is 13.1. The summed E-state index contributed by atoms with van der Waals surface area (Å²) in [5, 5.41) is 6.95. The summed E-state index contributed by atoms with van der Waals surface area (Å²) < 4.78 is 0.872. The maximum absolute atomic E-state index is 11.1. The number of carbonyl (C=O) groups is 1. The Morgan fingerprint density at radius 2 is 2.33 bits per heavy atom. The second kappa shape index (κ2) is 5.71. The van der Waals surface area contributed by atoms with Crippen molar-refractivity contribution in [3.8, 4) is 0 Å². The van der Waals surface area contributed by atoms with Crippen LogP contribution in [0.25, 0.3) is 0 Å². The van der Waals surface area contributed by atoms with Gasteiger partial charge in [0.25, 0.3) is 0 Å². The maximum Gasteiger partial charge on any atom is 0.248 e. The van der Waals surface area contributed by atoms with Gasteiger partial charge in [-0.1, -0.05) is 0 Å². The number of nitrogens with one attached hydrogen (secondary N) is 2. The molecule has 1 saturated heterocycles. The van der Waals surface area contributed by atoms with Gasteiger partial charge in [-0.25, -0.2) is 0 Å². The number of anilines is 1. The summed E-state index contributed by atoms with van der Waals surface area (Å²) >= 11 is 3.47. The van der Waals surface area contributed by atoms with Gasteiger partial charge >= 0.3 is 0 Å². The predicted molar refractivity (Wildman–Crippen MR) is 76.8 cm³/mol. The van der Waals surface area contributed by atoms with Gasteiger partial charge in [-0.3, -0.25) is 4.79 Å². The van der Waals surface area contributed by atoms with E-state index in [1.54, 1.807) is 12.1 Å². The summed E-state index contributed by atoms with van der Waals surface area (Å²) in [5.74, 6) is -0.407. The molecule has 0 saturated carbocycles. The summed E-state index contributed by atoms with van der Waals surface area (Å²) in [4.78, 5) is 11.1. The Kier molecular flexibility index (Phi) is 4.24. The lowest BCUT2D eigenvalue weighted by Gasteiger charge is -2.31. The average molecular weight is 312 g/mol. The first-order valence-corrected chi connectivity index (χ1v) is 6.96. The molecule has 18 heavy (non-hydrogen) atoms. The van der Waals surface area contributed by atoms with Crippen molar-refractivity contribution < 1.29 is 4.79 Å². The molecule has 1 aliphatic rings. The van der Waals surface area contributed by atoms with Gasteiger partial charge in [0, 0.05) is 27.8 Å². The Hall–Kier alpha value is -1.07. The molecule has 1 amide bonds. The monoisotopic (exact) mass is 311 g/mol. The second-order valence-corrected chi connectivity index (χ2v) is 5.55. The minimum absolute atomic E-state index is 0.407. The van der Waals surface area contributed by atoms with Gasteiger partial charge in [0.2, 0.25) is 5.91 Å². The lowest BCUT2D eigenvalue weighted by atomic mass is 9.99. The zero-order valence-corrected chi connectivity index (χ0v) is 12.0. The van der Waals surface area contributed by atoms with Crippen LogP contribution in [0.3, 0.4) is 0 Å². The molecule has 0 spiro atoms. The first-order chi connectivity index (χ1) is 8.58. The third kappa shape index (κ3) is 3.03. The number of hydrogen-bond donors (Lipinski definition) is 3. The van der Waals surface area contributed by atoms with Crippen molar-refractivity contribution >= 4 is 27.5 Å². The Balaban J connectivity index is 2.11.